The standard InChI is InChI=1S/C14H18N4O/c1-9-7-18(8-11(9)15)14(19)13-10-5-3-4-6-12(10)17(2)16-13/h3-6,9,11H,7-8,15H2,1-2H3/t9-,11+/m0/s1. The minimum atomic E-state index is -0.0170. The fourth-order valence-electron chi connectivity index (χ4n) is 2.68. The van der Waals surface area contributed by atoms with Gasteiger partial charge in [0.2, 0.25) is 0 Å². The van der Waals surface area contributed by atoms with Gasteiger partial charge in [0, 0.05) is 31.6 Å². The van der Waals surface area contributed by atoms with E-state index in [1.54, 1.807) is 4.68 Å². The molecule has 19 heavy (non-hydrogen) atoms. The van der Waals surface area contributed by atoms with E-state index >= 15 is 0 Å². The molecule has 0 saturated carbocycles. The Labute approximate surface area is 112 Å². The Morgan fingerprint density at radius 3 is 2.79 bits per heavy atom. The summed E-state index contributed by atoms with van der Waals surface area (Å²) < 4.78 is 1.75. The Morgan fingerprint density at radius 1 is 1.37 bits per heavy atom. The number of rotatable bonds is 1. The second-order valence-corrected chi connectivity index (χ2v) is 5.34. The lowest BCUT2D eigenvalue weighted by Crippen LogP contribution is -2.32. The van der Waals surface area contributed by atoms with Crippen molar-refractivity contribution >= 4 is 16.8 Å². The second kappa shape index (κ2) is 4.35. The van der Waals surface area contributed by atoms with Gasteiger partial charge in [0.1, 0.15) is 0 Å². The average molecular weight is 258 g/mol. The minimum Gasteiger partial charge on any atom is -0.335 e. The van der Waals surface area contributed by atoms with Crippen LogP contribution in [0.5, 0.6) is 0 Å². The van der Waals surface area contributed by atoms with E-state index in [2.05, 4.69) is 12.0 Å². The van der Waals surface area contributed by atoms with E-state index in [0.717, 1.165) is 10.9 Å². The largest absolute Gasteiger partial charge is 0.335 e. The molecule has 3 rings (SSSR count). The molecule has 0 bridgehead atoms. The number of amides is 1. The number of hydrogen-bond donors (Lipinski definition) is 1. The molecule has 5 nitrogen and oxygen atoms in total. The van der Waals surface area contributed by atoms with E-state index in [0.29, 0.717) is 24.7 Å². The molecule has 1 saturated heterocycles. The lowest BCUT2D eigenvalue weighted by atomic mass is 10.1. The Kier molecular flexibility index (Phi) is 2.78. The maximum atomic E-state index is 12.6. The molecular formula is C14H18N4O. The van der Waals surface area contributed by atoms with Gasteiger partial charge in [-0.05, 0) is 12.0 Å². The third kappa shape index (κ3) is 1.90. The molecule has 1 aromatic carbocycles. The maximum Gasteiger partial charge on any atom is 0.275 e. The number of carbonyl (C=O) groups excluding carboxylic acids is 1. The zero-order valence-corrected chi connectivity index (χ0v) is 11.2. The van der Waals surface area contributed by atoms with Crippen molar-refractivity contribution in [3.05, 3.63) is 30.0 Å². The molecule has 1 aliphatic heterocycles. The first-order chi connectivity index (χ1) is 9.08. The number of hydrogen-bond acceptors (Lipinski definition) is 3. The molecule has 100 valence electrons. The Morgan fingerprint density at radius 2 is 2.11 bits per heavy atom. The van der Waals surface area contributed by atoms with Crippen LogP contribution in [0.1, 0.15) is 17.4 Å². The van der Waals surface area contributed by atoms with E-state index in [1.807, 2.05) is 36.2 Å². The second-order valence-electron chi connectivity index (χ2n) is 5.34. The van der Waals surface area contributed by atoms with Gasteiger partial charge >= 0.3 is 0 Å². The number of para-hydroxylation sites is 1. The zero-order chi connectivity index (χ0) is 13.6. The zero-order valence-electron chi connectivity index (χ0n) is 11.2. The predicted molar refractivity (Wildman–Crippen MR) is 73.8 cm³/mol. The fourth-order valence-corrected chi connectivity index (χ4v) is 2.68. The van der Waals surface area contributed by atoms with Crippen LogP contribution in [-0.2, 0) is 7.05 Å². The van der Waals surface area contributed by atoms with Gasteiger partial charge in [-0.3, -0.25) is 9.48 Å². The highest BCUT2D eigenvalue weighted by molar-refractivity contribution is 6.04. The number of nitrogens with zero attached hydrogens (tertiary/aromatic N) is 3. The molecule has 2 N–H and O–H groups in total. The molecule has 0 aliphatic carbocycles. The summed E-state index contributed by atoms with van der Waals surface area (Å²) in [6.45, 7) is 3.41. The Bertz CT molecular complexity index is 623. The van der Waals surface area contributed by atoms with E-state index in [9.17, 15) is 4.79 Å². The normalized spacial score (nSPS) is 23.2. The third-order valence-corrected chi connectivity index (χ3v) is 3.92. The summed E-state index contributed by atoms with van der Waals surface area (Å²) in [4.78, 5) is 14.4. The molecule has 0 radical (unpaired) electrons. The summed E-state index contributed by atoms with van der Waals surface area (Å²) in [5, 5.41) is 5.27. The first-order valence-electron chi connectivity index (χ1n) is 6.54. The molecule has 2 heterocycles. The number of aryl methyl sites for hydroxylation is 1. The topological polar surface area (TPSA) is 64.2 Å². The number of fused-ring (bicyclic) bond motifs is 1. The van der Waals surface area contributed by atoms with Gasteiger partial charge in [-0.25, -0.2) is 0 Å². The molecule has 2 aromatic rings. The first-order valence-corrected chi connectivity index (χ1v) is 6.54. The summed E-state index contributed by atoms with van der Waals surface area (Å²) in [6.07, 6.45) is 0. The van der Waals surface area contributed by atoms with Crippen molar-refractivity contribution in [3.63, 3.8) is 0 Å². The number of aromatic nitrogens is 2. The van der Waals surface area contributed by atoms with Crippen molar-refractivity contribution in [2.45, 2.75) is 13.0 Å². The van der Waals surface area contributed by atoms with Crippen molar-refractivity contribution < 1.29 is 4.79 Å². The molecule has 0 unspecified atom stereocenters. The summed E-state index contributed by atoms with van der Waals surface area (Å²) in [7, 11) is 1.86. The van der Waals surface area contributed by atoms with Gasteiger partial charge in [-0.1, -0.05) is 25.1 Å². The molecule has 0 spiro atoms. The van der Waals surface area contributed by atoms with Crippen molar-refractivity contribution in [3.8, 4) is 0 Å². The molecule has 1 amide bonds. The van der Waals surface area contributed by atoms with Crippen LogP contribution in [0.15, 0.2) is 24.3 Å². The smallest absolute Gasteiger partial charge is 0.275 e. The summed E-state index contributed by atoms with van der Waals surface area (Å²) in [5.41, 5.74) is 7.48. The van der Waals surface area contributed by atoms with Crippen LogP contribution < -0.4 is 5.73 Å². The van der Waals surface area contributed by atoms with Crippen molar-refractivity contribution in [1.82, 2.24) is 14.7 Å². The SMILES string of the molecule is C[C@H]1CN(C(=O)c2nn(C)c3ccccc23)C[C@H]1N. The first kappa shape index (κ1) is 12.2. The van der Waals surface area contributed by atoms with Gasteiger partial charge in [0.15, 0.2) is 5.69 Å². The predicted octanol–water partition coefficient (Wildman–Crippen LogP) is 0.992. The van der Waals surface area contributed by atoms with E-state index in [-0.39, 0.29) is 11.9 Å². The van der Waals surface area contributed by atoms with Crippen LogP contribution in [0.2, 0.25) is 0 Å². The number of nitrogens with two attached hydrogens (primary N) is 1. The van der Waals surface area contributed by atoms with Crippen LogP contribution in [-0.4, -0.2) is 39.7 Å². The molecule has 1 aromatic heterocycles. The number of likely N-dealkylation sites (tertiary alicyclic amines) is 1. The monoisotopic (exact) mass is 258 g/mol. The van der Waals surface area contributed by atoms with Gasteiger partial charge in [0.05, 0.1) is 5.52 Å². The van der Waals surface area contributed by atoms with Crippen molar-refractivity contribution in [2.24, 2.45) is 18.7 Å². The third-order valence-electron chi connectivity index (χ3n) is 3.92. The maximum absolute atomic E-state index is 12.6. The Balaban J connectivity index is 1.99. The highest BCUT2D eigenvalue weighted by atomic mass is 16.2. The van der Waals surface area contributed by atoms with Gasteiger partial charge in [-0.15, -0.1) is 0 Å². The Hall–Kier alpha value is -1.88. The number of carbonyl (C=O) groups is 1. The summed E-state index contributed by atoms with van der Waals surface area (Å²) >= 11 is 0. The van der Waals surface area contributed by atoms with Crippen molar-refractivity contribution in [1.29, 1.82) is 0 Å². The highest BCUT2D eigenvalue weighted by Crippen LogP contribution is 2.22. The van der Waals surface area contributed by atoms with Crippen LogP contribution in [0.25, 0.3) is 10.9 Å². The van der Waals surface area contributed by atoms with Gasteiger partial charge in [0.25, 0.3) is 5.91 Å². The van der Waals surface area contributed by atoms with Crippen molar-refractivity contribution in [2.75, 3.05) is 13.1 Å². The molecule has 1 aliphatic rings. The fraction of sp³-hybridized carbons (Fsp3) is 0.429. The van der Waals surface area contributed by atoms with Gasteiger partial charge < -0.3 is 10.6 Å². The van der Waals surface area contributed by atoms with Crippen LogP contribution >= 0.6 is 0 Å². The quantitative estimate of drug-likeness (QED) is 0.829. The van der Waals surface area contributed by atoms with Crippen LogP contribution in [0.4, 0.5) is 0 Å². The van der Waals surface area contributed by atoms with E-state index in [1.165, 1.54) is 0 Å². The molecule has 2 atom stereocenters. The minimum absolute atomic E-state index is 0.0170. The van der Waals surface area contributed by atoms with Crippen LogP contribution in [0.3, 0.4) is 0 Å². The highest BCUT2D eigenvalue weighted by Gasteiger charge is 2.32. The molecule has 5 heteroatoms. The van der Waals surface area contributed by atoms with Gasteiger partial charge in [-0.2, -0.15) is 5.10 Å². The average Bonchev–Trinajstić information content (AvgIpc) is 2.91. The lowest BCUT2D eigenvalue weighted by molar-refractivity contribution is 0.0782. The van der Waals surface area contributed by atoms with E-state index in [4.69, 9.17) is 5.73 Å². The summed E-state index contributed by atoms with van der Waals surface area (Å²) in [5.74, 6) is 0.329. The molecular weight excluding hydrogens is 240 g/mol. The van der Waals surface area contributed by atoms with E-state index < -0.39 is 0 Å². The summed E-state index contributed by atoms with van der Waals surface area (Å²) in [6, 6.07) is 7.86. The number of benzene rings is 1. The molecule has 1 fully saturated rings. The lowest BCUT2D eigenvalue weighted by Gasteiger charge is -2.14. The van der Waals surface area contributed by atoms with Crippen LogP contribution in [0, 0.1) is 5.92 Å².